The summed E-state index contributed by atoms with van der Waals surface area (Å²) >= 11 is 7.48. The van der Waals surface area contributed by atoms with Crippen LogP contribution in [0.4, 0.5) is 0 Å². The molecule has 2 rings (SSSR count). The first kappa shape index (κ1) is 23.4. The van der Waals surface area contributed by atoms with E-state index in [0.717, 1.165) is 0 Å². The monoisotopic (exact) mass is 426 g/mol. The minimum atomic E-state index is -1.05. The van der Waals surface area contributed by atoms with Crippen LogP contribution in [0.25, 0.3) is 0 Å². The maximum Gasteiger partial charge on any atom is 0.306 e. The van der Waals surface area contributed by atoms with Gasteiger partial charge < -0.3 is 0 Å². The molecular formula is C22H40ClN4P+2. The van der Waals surface area contributed by atoms with E-state index < -0.39 is 7.27 Å². The van der Waals surface area contributed by atoms with E-state index in [1.807, 2.05) is 0 Å². The van der Waals surface area contributed by atoms with E-state index in [2.05, 4.69) is 101 Å². The minimum Gasteiger partial charge on any atom is -0.224 e. The fraction of sp³-hybridized carbons (Fsp3) is 0.727. The zero-order valence-electron chi connectivity index (χ0n) is 19.9. The third-order valence-electron chi connectivity index (χ3n) is 5.77. The SMILES string of the molecule is Cc1c(C)[n+](C(C)C)c(P(Cl)c2n(C(C)C)c(C)c(C)[n+]2C(C)C)n1C(C)C. The molecule has 0 N–H and O–H groups in total. The third-order valence-corrected chi connectivity index (χ3v) is 8.24. The fourth-order valence-electron chi connectivity index (χ4n) is 4.47. The van der Waals surface area contributed by atoms with E-state index in [0.29, 0.717) is 24.2 Å². The third kappa shape index (κ3) is 3.67. The molecule has 0 fully saturated rings. The van der Waals surface area contributed by atoms with Gasteiger partial charge in [0, 0.05) is 27.7 Å². The van der Waals surface area contributed by atoms with E-state index in [9.17, 15) is 0 Å². The molecule has 0 aliphatic carbocycles. The van der Waals surface area contributed by atoms with Gasteiger partial charge in [-0.2, -0.15) is 0 Å². The lowest BCUT2D eigenvalue weighted by atomic mass is 10.3. The Morgan fingerprint density at radius 2 is 0.929 bits per heavy atom. The van der Waals surface area contributed by atoms with E-state index >= 15 is 0 Å². The van der Waals surface area contributed by atoms with Gasteiger partial charge in [0.15, 0.2) is 0 Å². The van der Waals surface area contributed by atoms with Gasteiger partial charge in [-0.3, -0.25) is 0 Å². The van der Waals surface area contributed by atoms with Crippen LogP contribution in [0.3, 0.4) is 0 Å². The molecule has 0 aliphatic heterocycles. The minimum absolute atomic E-state index is 0.370. The van der Waals surface area contributed by atoms with E-state index in [1.54, 1.807) is 0 Å². The van der Waals surface area contributed by atoms with Gasteiger partial charge in [0.05, 0.1) is 24.2 Å². The molecule has 0 bridgehead atoms. The van der Waals surface area contributed by atoms with E-state index in [-0.39, 0.29) is 0 Å². The quantitative estimate of drug-likeness (QED) is 0.456. The average Bonchev–Trinajstić information content (AvgIpc) is 2.99. The first-order valence-electron chi connectivity index (χ1n) is 10.6. The molecule has 0 aromatic carbocycles. The summed E-state index contributed by atoms with van der Waals surface area (Å²) in [4.78, 5) is 0. The van der Waals surface area contributed by atoms with Gasteiger partial charge in [0.25, 0.3) is 0 Å². The molecular weight excluding hydrogens is 387 g/mol. The molecule has 2 aromatic heterocycles. The molecule has 0 spiro atoms. The topological polar surface area (TPSA) is 17.6 Å². The number of imidazole rings is 2. The van der Waals surface area contributed by atoms with Gasteiger partial charge in [0.2, 0.25) is 7.27 Å². The molecule has 28 heavy (non-hydrogen) atoms. The molecule has 0 unspecified atom stereocenters. The van der Waals surface area contributed by atoms with Crippen molar-refractivity contribution in [2.75, 3.05) is 0 Å². The van der Waals surface area contributed by atoms with Gasteiger partial charge in [-0.1, -0.05) is 11.2 Å². The summed E-state index contributed by atoms with van der Waals surface area (Å²) in [6.07, 6.45) is 0. The summed E-state index contributed by atoms with van der Waals surface area (Å²) in [6, 6.07) is 1.48. The van der Waals surface area contributed by atoms with Crippen LogP contribution in [0.15, 0.2) is 0 Å². The highest BCUT2D eigenvalue weighted by molar-refractivity contribution is 7.94. The molecule has 158 valence electrons. The van der Waals surface area contributed by atoms with Gasteiger partial charge >= 0.3 is 11.1 Å². The molecule has 0 amide bonds. The van der Waals surface area contributed by atoms with Crippen LogP contribution in [0.1, 0.15) is 102 Å². The summed E-state index contributed by atoms with van der Waals surface area (Å²) in [6.45, 7) is 27.0. The molecule has 0 aliphatic rings. The Labute approximate surface area is 178 Å². The highest BCUT2D eigenvalue weighted by Gasteiger charge is 2.44. The smallest absolute Gasteiger partial charge is 0.224 e. The van der Waals surface area contributed by atoms with E-state index in [4.69, 9.17) is 11.2 Å². The largest absolute Gasteiger partial charge is 0.306 e. The van der Waals surface area contributed by atoms with Crippen LogP contribution in [0.2, 0.25) is 0 Å². The van der Waals surface area contributed by atoms with Crippen LogP contribution < -0.4 is 20.3 Å². The average molecular weight is 427 g/mol. The number of nitrogens with zero attached hydrogens (tertiary/aromatic N) is 4. The van der Waals surface area contributed by atoms with Crippen LogP contribution in [-0.4, -0.2) is 9.13 Å². The van der Waals surface area contributed by atoms with Crippen molar-refractivity contribution >= 4 is 29.6 Å². The normalized spacial score (nSPS) is 12.6. The highest BCUT2D eigenvalue weighted by atomic mass is 35.7. The van der Waals surface area contributed by atoms with Crippen LogP contribution in [0.5, 0.6) is 0 Å². The van der Waals surface area contributed by atoms with Gasteiger partial charge in [-0.05, 0) is 55.4 Å². The van der Waals surface area contributed by atoms with Crippen LogP contribution in [0, 0.1) is 27.7 Å². The van der Waals surface area contributed by atoms with Crippen molar-refractivity contribution in [3.63, 3.8) is 0 Å². The fourth-order valence-corrected chi connectivity index (χ4v) is 7.91. The Morgan fingerprint density at radius 3 is 1.14 bits per heavy atom. The van der Waals surface area contributed by atoms with Gasteiger partial charge in [-0.25, -0.2) is 18.3 Å². The maximum absolute atomic E-state index is 7.48. The number of hydrogen-bond donors (Lipinski definition) is 0. The highest BCUT2D eigenvalue weighted by Crippen LogP contribution is 2.40. The van der Waals surface area contributed by atoms with Crippen LogP contribution >= 0.6 is 18.5 Å². The molecule has 0 saturated heterocycles. The zero-order valence-corrected chi connectivity index (χ0v) is 21.6. The molecule has 2 heterocycles. The number of halogens is 1. The van der Waals surface area contributed by atoms with E-state index in [1.165, 1.54) is 33.9 Å². The standard InChI is InChI=1S/C22H40ClN4P/c1-13(2)24-17(9)18(10)25(14(3)4)21(24)28(23)22-26(15(5)6)19(11)20(12)27(22)16(7)8/h13-16H,1-12H3/q+2. The lowest BCUT2D eigenvalue weighted by molar-refractivity contribution is -0.707. The van der Waals surface area contributed by atoms with Crippen molar-refractivity contribution in [2.24, 2.45) is 0 Å². The lowest BCUT2D eigenvalue weighted by Crippen LogP contribution is -2.57. The van der Waals surface area contributed by atoms with Crippen molar-refractivity contribution in [1.29, 1.82) is 0 Å². The van der Waals surface area contributed by atoms with Gasteiger partial charge in [-0.15, -0.1) is 0 Å². The first-order chi connectivity index (χ1) is 12.8. The molecule has 0 saturated carbocycles. The Hall–Kier alpha value is -0.860. The Kier molecular flexibility index (Phi) is 7.09. The molecule has 4 nitrogen and oxygen atoms in total. The summed E-state index contributed by atoms with van der Waals surface area (Å²) in [5.41, 5.74) is 7.78. The van der Waals surface area contributed by atoms with Crippen molar-refractivity contribution < 1.29 is 9.13 Å². The first-order valence-corrected chi connectivity index (χ1v) is 12.8. The molecule has 0 radical (unpaired) electrons. The Bertz CT molecular complexity index is 726. The van der Waals surface area contributed by atoms with Crippen molar-refractivity contribution in [3.8, 4) is 0 Å². The second-order valence-corrected chi connectivity index (χ2v) is 11.5. The Balaban J connectivity index is 2.94. The Morgan fingerprint density at radius 1 is 0.643 bits per heavy atom. The number of aromatic nitrogens is 4. The summed E-state index contributed by atoms with van der Waals surface area (Å²) in [7, 11) is -1.05. The molecule has 0 atom stereocenters. The summed E-state index contributed by atoms with van der Waals surface area (Å²) in [5.74, 6) is 0. The zero-order chi connectivity index (χ0) is 21.7. The summed E-state index contributed by atoms with van der Waals surface area (Å²) < 4.78 is 9.84. The number of hydrogen-bond acceptors (Lipinski definition) is 0. The molecule has 2 aromatic rings. The van der Waals surface area contributed by atoms with Crippen LogP contribution in [-0.2, 0) is 0 Å². The second-order valence-electron chi connectivity index (χ2n) is 9.08. The van der Waals surface area contributed by atoms with Crippen molar-refractivity contribution in [1.82, 2.24) is 9.13 Å². The van der Waals surface area contributed by atoms with Crippen molar-refractivity contribution in [3.05, 3.63) is 22.8 Å². The maximum atomic E-state index is 7.48. The van der Waals surface area contributed by atoms with Gasteiger partial charge in [0.1, 0.15) is 22.8 Å². The lowest BCUT2D eigenvalue weighted by Gasteiger charge is -2.16. The summed E-state index contributed by atoms with van der Waals surface area (Å²) in [5, 5.41) is 0. The second kappa shape index (κ2) is 8.48. The predicted molar refractivity (Wildman–Crippen MR) is 122 cm³/mol. The number of rotatable bonds is 6. The predicted octanol–water partition coefficient (Wildman–Crippen LogP) is 5.01. The van der Waals surface area contributed by atoms with Crippen molar-refractivity contribution in [2.45, 2.75) is 107 Å². The molecule has 6 heteroatoms.